The number of alkyl halides is 1. The minimum absolute atomic E-state index is 0.0901. The van der Waals surface area contributed by atoms with Crippen molar-refractivity contribution in [1.82, 2.24) is 0 Å². The molecule has 0 bridgehead atoms. The predicted octanol–water partition coefficient (Wildman–Crippen LogP) is 1.28. The van der Waals surface area contributed by atoms with Crippen LogP contribution in [-0.2, 0) is 0 Å². The van der Waals surface area contributed by atoms with Crippen molar-refractivity contribution in [3.63, 3.8) is 0 Å². The Bertz CT molecular complexity index is 160. The number of rotatable bonds is 1. The van der Waals surface area contributed by atoms with E-state index in [1.807, 2.05) is 0 Å². The van der Waals surface area contributed by atoms with Crippen LogP contribution in [-0.4, -0.2) is 16.8 Å². The molecule has 0 amide bonds. The first kappa shape index (κ1) is 7.54. The van der Waals surface area contributed by atoms with Gasteiger partial charge in [0.1, 0.15) is 11.9 Å². The van der Waals surface area contributed by atoms with E-state index in [2.05, 4.69) is 6.58 Å². The molecule has 2 nitrogen and oxygen atoms in total. The van der Waals surface area contributed by atoms with Gasteiger partial charge in [0.05, 0.1) is 5.54 Å². The lowest BCUT2D eigenvalue weighted by Crippen LogP contribution is -2.38. The molecule has 1 aliphatic carbocycles. The molecule has 1 fully saturated rings. The molecule has 0 heterocycles. The van der Waals surface area contributed by atoms with Gasteiger partial charge in [0, 0.05) is 6.42 Å². The van der Waals surface area contributed by atoms with Crippen molar-refractivity contribution < 1.29 is 9.50 Å². The Balaban J connectivity index is 2.63. The van der Waals surface area contributed by atoms with Crippen LogP contribution >= 0.6 is 0 Å². The zero-order valence-corrected chi connectivity index (χ0v) is 5.81. The van der Waals surface area contributed by atoms with Crippen molar-refractivity contribution >= 4 is 0 Å². The first-order chi connectivity index (χ1) is 4.54. The summed E-state index contributed by atoms with van der Waals surface area (Å²) in [6.45, 7) is 3.31. The molecule has 1 saturated carbocycles. The average molecular weight is 145 g/mol. The molecule has 0 saturated heterocycles. The zero-order valence-electron chi connectivity index (χ0n) is 5.81. The normalized spacial score (nSPS) is 40.0. The van der Waals surface area contributed by atoms with Gasteiger partial charge in [0.15, 0.2) is 0 Å². The van der Waals surface area contributed by atoms with Crippen molar-refractivity contribution in [1.29, 1.82) is 0 Å². The van der Waals surface area contributed by atoms with Gasteiger partial charge in [-0.2, -0.15) is 0 Å². The van der Waals surface area contributed by atoms with Crippen LogP contribution in [0.15, 0.2) is 12.3 Å². The lowest BCUT2D eigenvalue weighted by molar-refractivity contribution is 0.274. The lowest BCUT2D eigenvalue weighted by Gasteiger charge is -2.20. The van der Waals surface area contributed by atoms with Gasteiger partial charge in [-0.3, -0.25) is 0 Å². The first-order valence-corrected chi connectivity index (χ1v) is 3.36. The van der Waals surface area contributed by atoms with E-state index in [0.717, 1.165) is 0 Å². The minimum Gasteiger partial charge on any atom is -0.511 e. The maximum absolute atomic E-state index is 12.5. The van der Waals surface area contributed by atoms with Gasteiger partial charge in [-0.25, -0.2) is 4.39 Å². The van der Waals surface area contributed by atoms with Crippen molar-refractivity contribution in [2.45, 2.75) is 31.0 Å². The highest BCUT2D eigenvalue weighted by molar-refractivity contribution is 5.11. The minimum atomic E-state index is -0.867. The Morgan fingerprint density at radius 2 is 2.40 bits per heavy atom. The molecule has 10 heavy (non-hydrogen) atoms. The van der Waals surface area contributed by atoms with Crippen LogP contribution < -0.4 is 5.73 Å². The number of aliphatic hydroxyl groups excluding tert-OH is 1. The summed E-state index contributed by atoms with van der Waals surface area (Å²) in [5, 5.41) is 8.94. The maximum atomic E-state index is 12.5. The molecular formula is C7H12FNO. The Morgan fingerprint density at radius 1 is 1.80 bits per heavy atom. The Hall–Kier alpha value is -0.570. The average Bonchev–Trinajstić information content (AvgIpc) is 2.13. The van der Waals surface area contributed by atoms with Crippen LogP contribution in [0, 0.1) is 0 Å². The number of hydrogen-bond acceptors (Lipinski definition) is 2. The summed E-state index contributed by atoms with van der Waals surface area (Å²) in [5.74, 6) is -0.0901. The molecule has 0 aromatic heterocycles. The molecule has 0 aromatic rings. The number of halogens is 1. The highest BCUT2D eigenvalue weighted by Gasteiger charge is 2.38. The molecule has 0 aromatic carbocycles. The van der Waals surface area contributed by atoms with E-state index >= 15 is 0 Å². The standard InChI is InChI=1S/C7H12FNO/c1-5(10)7(9)3-2-6(8)4-7/h6,10H,1-4,9H2. The second-order valence-electron chi connectivity index (χ2n) is 2.94. The third-order valence-corrected chi connectivity index (χ3v) is 2.06. The zero-order chi connectivity index (χ0) is 7.78. The highest BCUT2D eigenvalue weighted by Crippen LogP contribution is 2.33. The molecule has 2 unspecified atom stereocenters. The van der Waals surface area contributed by atoms with Gasteiger partial charge >= 0.3 is 0 Å². The second-order valence-corrected chi connectivity index (χ2v) is 2.94. The summed E-state index contributed by atoms with van der Waals surface area (Å²) in [6.07, 6.45) is 0.288. The second kappa shape index (κ2) is 2.23. The van der Waals surface area contributed by atoms with Gasteiger partial charge in [-0.1, -0.05) is 6.58 Å². The lowest BCUT2D eigenvalue weighted by atomic mass is 9.97. The summed E-state index contributed by atoms with van der Waals surface area (Å²) in [4.78, 5) is 0. The molecule has 58 valence electrons. The predicted molar refractivity (Wildman–Crippen MR) is 37.4 cm³/mol. The Kier molecular flexibility index (Phi) is 1.68. The van der Waals surface area contributed by atoms with E-state index in [9.17, 15) is 4.39 Å². The van der Waals surface area contributed by atoms with Crippen LogP contribution in [0.5, 0.6) is 0 Å². The molecule has 3 N–H and O–H groups in total. The van der Waals surface area contributed by atoms with E-state index in [-0.39, 0.29) is 12.2 Å². The van der Waals surface area contributed by atoms with Gasteiger partial charge in [-0.05, 0) is 12.8 Å². The van der Waals surface area contributed by atoms with Crippen molar-refractivity contribution in [3.8, 4) is 0 Å². The van der Waals surface area contributed by atoms with Gasteiger partial charge < -0.3 is 10.8 Å². The van der Waals surface area contributed by atoms with Gasteiger partial charge in [0.2, 0.25) is 0 Å². The summed E-state index contributed by atoms with van der Waals surface area (Å²) in [7, 11) is 0. The monoisotopic (exact) mass is 145 g/mol. The fraction of sp³-hybridized carbons (Fsp3) is 0.714. The fourth-order valence-electron chi connectivity index (χ4n) is 1.28. The molecule has 2 atom stereocenters. The molecule has 1 rings (SSSR count). The van der Waals surface area contributed by atoms with Crippen LogP contribution in [0.1, 0.15) is 19.3 Å². The molecular weight excluding hydrogens is 133 g/mol. The van der Waals surface area contributed by atoms with Crippen molar-refractivity contribution in [2.75, 3.05) is 0 Å². The maximum Gasteiger partial charge on any atom is 0.105 e. The summed E-state index contributed by atoms with van der Waals surface area (Å²) in [6, 6.07) is 0. The number of aliphatic hydroxyl groups is 1. The third-order valence-electron chi connectivity index (χ3n) is 2.06. The summed E-state index contributed by atoms with van der Waals surface area (Å²) < 4.78 is 12.5. The largest absolute Gasteiger partial charge is 0.511 e. The highest BCUT2D eigenvalue weighted by atomic mass is 19.1. The van der Waals surface area contributed by atoms with Gasteiger partial charge in [-0.15, -0.1) is 0 Å². The smallest absolute Gasteiger partial charge is 0.105 e. The topological polar surface area (TPSA) is 46.2 Å². The number of hydrogen-bond donors (Lipinski definition) is 2. The van der Waals surface area contributed by atoms with Crippen LogP contribution in [0.4, 0.5) is 4.39 Å². The third kappa shape index (κ3) is 1.14. The van der Waals surface area contributed by atoms with E-state index < -0.39 is 11.7 Å². The van der Waals surface area contributed by atoms with Crippen LogP contribution in [0.2, 0.25) is 0 Å². The molecule has 1 aliphatic rings. The molecule has 0 aliphatic heterocycles. The summed E-state index contributed by atoms with van der Waals surface area (Å²) in [5.41, 5.74) is 4.75. The van der Waals surface area contributed by atoms with E-state index in [1.54, 1.807) is 0 Å². The summed E-state index contributed by atoms with van der Waals surface area (Å²) >= 11 is 0. The first-order valence-electron chi connectivity index (χ1n) is 3.36. The van der Waals surface area contributed by atoms with Crippen LogP contribution in [0.3, 0.4) is 0 Å². The van der Waals surface area contributed by atoms with Gasteiger partial charge in [0.25, 0.3) is 0 Å². The van der Waals surface area contributed by atoms with E-state index in [1.165, 1.54) is 0 Å². The quantitative estimate of drug-likeness (QED) is 0.546. The Morgan fingerprint density at radius 3 is 2.60 bits per heavy atom. The molecule has 3 heteroatoms. The SMILES string of the molecule is C=C(O)C1(N)CCC(F)C1. The fourth-order valence-corrected chi connectivity index (χ4v) is 1.28. The number of nitrogens with two attached hydrogens (primary N) is 1. The van der Waals surface area contributed by atoms with Crippen molar-refractivity contribution in [3.05, 3.63) is 12.3 Å². The van der Waals surface area contributed by atoms with E-state index in [0.29, 0.717) is 12.8 Å². The van der Waals surface area contributed by atoms with Crippen LogP contribution in [0.25, 0.3) is 0 Å². The Labute approximate surface area is 59.5 Å². The van der Waals surface area contributed by atoms with E-state index in [4.69, 9.17) is 10.8 Å². The van der Waals surface area contributed by atoms with Crippen molar-refractivity contribution in [2.24, 2.45) is 5.73 Å². The molecule has 0 radical (unpaired) electrons. The molecule has 0 spiro atoms.